The fourth-order valence-electron chi connectivity index (χ4n) is 0.732. The van der Waals surface area contributed by atoms with Gasteiger partial charge >= 0.3 is 0 Å². The monoisotopic (exact) mass is 164 g/mol. The first-order valence-corrected chi connectivity index (χ1v) is 3.07. The van der Waals surface area contributed by atoms with Gasteiger partial charge in [0.15, 0.2) is 5.03 Å². The molecule has 0 aliphatic carbocycles. The molecule has 1 fully saturated rings. The Bertz CT molecular complexity index is 159. The molecule has 1 aliphatic rings. The lowest BCUT2D eigenvalue weighted by molar-refractivity contribution is -0.672. The van der Waals surface area contributed by atoms with Crippen LogP contribution in [0.5, 0.6) is 0 Å². The summed E-state index contributed by atoms with van der Waals surface area (Å²) in [5.74, 6) is -0.341. The summed E-state index contributed by atoms with van der Waals surface area (Å²) in [6.45, 7) is 0.296. The number of rotatable bonds is 2. The Morgan fingerprint density at radius 2 is 2.20 bits per heavy atom. The molecule has 56 valence electrons. The van der Waals surface area contributed by atoms with Crippen LogP contribution in [0.2, 0.25) is 0 Å². The fourth-order valence-corrected chi connectivity index (χ4v) is 0.870. The third-order valence-corrected chi connectivity index (χ3v) is 1.72. The van der Waals surface area contributed by atoms with Crippen LogP contribution >= 0.6 is 11.6 Å². The zero-order chi connectivity index (χ0) is 7.72. The topological polar surface area (TPSA) is 63.5 Å². The lowest BCUT2D eigenvalue weighted by atomic mass is 10.1. The Morgan fingerprint density at radius 1 is 1.70 bits per heavy atom. The average molecular weight is 165 g/mol. The average Bonchev–Trinajstić information content (AvgIpc) is 1.56. The van der Waals surface area contributed by atoms with Crippen LogP contribution in [0.15, 0.2) is 0 Å². The molecular weight excluding hydrogens is 160 g/mol. The summed E-state index contributed by atoms with van der Waals surface area (Å²) in [4.78, 5) is 20.2. The number of nitro groups is 1. The van der Waals surface area contributed by atoms with Crippen LogP contribution in [0.1, 0.15) is 0 Å². The largest absolute Gasteiger partial charge is 0.281 e. The molecule has 1 aliphatic heterocycles. The van der Waals surface area contributed by atoms with E-state index in [1.165, 1.54) is 0 Å². The minimum Gasteiger partial charge on any atom is -0.281 e. The molecule has 10 heavy (non-hydrogen) atoms. The van der Waals surface area contributed by atoms with E-state index >= 15 is 0 Å². The molecule has 0 radical (unpaired) electrons. The summed E-state index contributed by atoms with van der Waals surface area (Å²) in [6, 6.07) is 0. The van der Waals surface area contributed by atoms with Gasteiger partial charge in [-0.05, 0) is 11.6 Å². The second kappa shape index (κ2) is 2.42. The van der Waals surface area contributed by atoms with E-state index in [1.807, 2.05) is 0 Å². The predicted molar refractivity (Wildman–Crippen MR) is 32.9 cm³/mol. The second-order valence-electron chi connectivity index (χ2n) is 2.11. The van der Waals surface area contributed by atoms with Crippen molar-refractivity contribution < 1.29 is 9.83 Å². The van der Waals surface area contributed by atoms with Crippen molar-refractivity contribution in [3.63, 3.8) is 0 Å². The van der Waals surface area contributed by atoms with E-state index in [2.05, 4.69) is 0 Å². The lowest BCUT2D eigenvalue weighted by Crippen LogP contribution is -2.51. The van der Waals surface area contributed by atoms with Gasteiger partial charge in [0, 0.05) is 0 Å². The predicted octanol–water partition coefficient (Wildman–Crippen LogP) is -0.125. The van der Waals surface area contributed by atoms with Crippen LogP contribution in [-0.4, -0.2) is 28.4 Å². The van der Waals surface area contributed by atoms with Gasteiger partial charge in [-0.2, -0.15) is 0 Å². The zero-order valence-corrected chi connectivity index (χ0v) is 5.74. The van der Waals surface area contributed by atoms with Gasteiger partial charge in [0.2, 0.25) is 5.24 Å². The Morgan fingerprint density at radius 3 is 2.50 bits per heavy atom. The van der Waals surface area contributed by atoms with Crippen LogP contribution in [0.25, 0.3) is 0 Å². The van der Waals surface area contributed by atoms with Crippen molar-refractivity contribution in [2.75, 3.05) is 13.1 Å². The molecule has 0 bridgehead atoms. The van der Waals surface area contributed by atoms with E-state index in [0.717, 1.165) is 5.01 Å². The Kier molecular flexibility index (Phi) is 1.76. The van der Waals surface area contributed by atoms with E-state index in [1.54, 1.807) is 0 Å². The third kappa shape index (κ3) is 1.18. The number of hydrazine groups is 1. The van der Waals surface area contributed by atoms with Crippen molar-refractivity contribution in [1.82, 2.24) is 5.01 Å². The Balaban J connectivity index is 2.31. The van der Waals surface area contributed by atoms with Crippen molar-refractivity contribution in [2.24, 2.45) is 5.92 Å². The normalized spacial score (nSPS) is 18.3. The van der Waals surface area contributed by atoms with E-state index in [4.69, 9.17) is 11.6 Å². The van der Waals surface area contributed by atoms with Crippen molar-refractivity contribution in [2.45, 2.75) is 0 Å². The van der Waals surface area contributed by atoms with Crippen molar-refractivity contribution >= 4 is 16.8 Å². The lowest BCUT2D eigenvalue weighted by Gasteiger charge is -2.28. The summed E-state index contributed by atoms with van der Waals surface area (Å²) in [7, 11) is 0. The van der Waals surface area contributed by atoms with E-state index in [-0.39, 0.29) is 19.0 Å². The molecule has 0 N–H and O–H groups in total. The zero-order valence-electron chi connectivity index (χ0n) is 4.99. The molecule has 1 rings (SSSR count). The van der Waals surface area contributed by atoms with Gasteiger partial charge in [0.1, 0.15) is 0 Å². The number of nitrogens with zero attached hydrogens (tertiary/aromatic N) is 2. The van der Waals surface area contributed by atoms with Gasteiger partial charge in [-0.3, -0.25) is 4.79 Å². The highest BCUT2D eigenvalue weighted by Crippen LogP contribution is 2.16. The maximum Gasteiger partial charge on any atom is 0.228 e. The minimum atomic E-state index is -0.531. The highest BCUT2D eigenvalue weighted by Gasteiger charge is 2.37. The molecule has 0 aromatic rings. The summed E-state index contributed by atoms with van der Waals surface area (Å²) in [5, 5.41) is 9.86. The van der Waals surface area contributed by atoms with Gasteiger partial charge in [-0.1, -0.05) is 0 Å². The number of hydrogen-bond acceptors (Lipinski definition) is 3. The first-order valence-electron chi connectivity index (χ1n) is 2.70. The first-order chi connectivity index (χ1) is 4.61. The number of halogens is 1. The molecule has 0 spiro atoms. The smallest absolute Gasteiger partial charge is 0.228 e. The fraction of sp³-hybridized carbons (Fsp3) is 0.750. The summed E-state index contributed by atoms with van der Waals surface area (Å²) in [6.07, 6.45) is 0. The maximum absolute atomic E-state index is 10.3. The first kappa shape index (κ1) is 7.27. The molecule has 1 heterocycles. The second-order valence-corrected chi connectivity index (χ2v) is 2.48. The van der Waals surface area contributed by atoms with Gasteiger partial charge in [-0.25, -0.2) is 10.1 Å². The Labute approximate surface area is 61.7 Å². The molecule has 0 aromatic heterocycles. The SMILES string of the molecule is O=C(Cl)C1CN([N+](=O)[O-])C1. The highest BCUT2D eigenvalue weighted by atomic mass is 35.5. The van der Waals surface area contributed by atoms with Crippen LogP contribution in [-0.2, 0) is 4.79 Å². The quantitative estimate of drug-likeness (QED) is 0.324. The molecule has 5 nitrogen and oxygen atoms in total. The van der Waals surface area contributed by atoms with Crippen molar-refractivity contribution in [3.05, 3.63) is 10.1 Å². The summed E-state index contributed by atoms with van der Waals surface area (Å²) >= 11 is 5.06. The van der Waals surface area contributed by atoms with Crippen molar-refractivity contribution in [1.29, 1.82) is 0 Å². The van der Waals surface area contributed by atoms with Crippen molar-refractivity contribution in [3.8, 4) is 0 Å². The molecule has 0 unspecified atom stereocenters. The molecular formula is C4H5ClN2O3. The molecule has 0 amide bonds. The highest BCUT2D eigenvalue weighted by molar-refractivity contribution is 6.64. The van der Waals surface area contributed by atoms with Crippen LogP contribution in [0.3, 0.4) is 0 Å². The molecule has 1 saturated heterocycles. The standard InChI is InChI=1S/C4H5ClN2O3/c5-4(8)3-1-6(2-3)7(9)10/h3H,1-2H2. The summed E-state index contributed by atoms with van der Waals surface area (Å²) < 4.78 is 0. The molecule has 0 atom stereocenters. The van der Waals surface area contributed by atoms with Gasteiger partial charge in [0.05, 0.1) is 19.0 Å². The molecule has 0 saturated carbocycles. The number of carbonyl (C=O) groups excluding carboxylic acids is 1. The van der Waals surface area contributed by atoms with Gasteiger partial charge in [0.25, 0.3) is 0 Å². The van der Waals surface area contributed by atoms with E-state index < -0.39 is 10.3 Å². The van der Waals surface area contributed by atoms with Crippen LogP contribution in [0.4, 0.5) is 0 Å². The Hall–Kier alpha value is -0.840. The summed E-state index contributed by atoms with van der Waals surface area (Å²) in [5.41, 5.74) is 0. The number of carbonyl (C=O) groups is 1. The minimum absolute atomic E-state index is 0.148. The maximum atomic E-state index is 10.3. The van der Waals surface area contributed by atoms with Gasteiger partial charge in [-0.15, -0.1) is 5.01 Å². The van der Waals surface area contributed by atoms with Gasteiger partial charge < -0.3 is 0 Å². The van der Waals surface area contributed by atoms with Crippen LogP contribution in [0, 0.1) is 16.0 Å². The van der Waals surface area contributed by atoms with E-state index in [0.29, 0.717) is 0 Å². The van der Waals surface area contributed by atoms with E-state index in [9.17, 15) is 14.9 Å². The van der Waals surface area contributed by atoms with Crippen LogP contribution < -0.4 is 0 Å². The third-order valence-electron chi connectivity index (χ3n) is 1.41. The molecule has 6 heteroatoms. The number of hydrogen-bond donors (Lipinski definition) is 0. The molecule has 0 aromatic carbocycles.